The standard InChI is InChI=1S/C20H18N4O2/c1-13(14-7-3-2-4-8-14)22-18(25)12-24-20(26)19-16(11-21-24)15-9-5-6-10-17(15)23-19/h2-11,13,23H,12H2,1H3,(H,22,25)/t13-/m0/s1. The summed E-state index contributed by atoms with van der Waals surface area (Å²) in [5.41, 5.74) is 2.04. The second-order valence-corrected chi connectivity index (χ2v) is 6.27. The van der Waals surface area contributed by atoms with Crippen LogP contribution in [0.3, 0.4) is 0 Å². The third kappa shape index (κ3) is 2.86. The maximum atomic E-state index is 12.7. The van der Waals surface area contributed by atoms with Gasteiger partial charge in [0.15, 0.2) is 0 Å². The van der Waals surface area contributed by atoms with Crippen molar-refractivity contribution in [3.8, 4) is 0 Å². The molecule has 0 saturated carbocycles. The Balaban J connectivity index is 1.59. The van der Waals surface area contributed by atoms with Crippen molar-refractivity contribution in [1.29, 1.82) is 0 Å². The normalized spacial score (nSPS) is 12.3. The van der Waals surface area contributed by atoms with Gasteiger partial charge in [0.05, 0.1) is 12.2 Å². The molecule has 0 aliphatic rings. The van der Waals surface area contributed by atoms with E-state index < -0.39 is 0 Å². The lowest BCUT2D eigenvalue weighted by molar-refractivity contribution is -0.122. The zero-order chi connectivity index (χ0) is 18.1. The van der Waals surface area contributed by atoms with Gasteiger partial charge in [0.2, 0.25) is 5.91 Å². The number of para-hydroxylation sites is 1. The van der Waals surface area contributed by atoms with Crippen molar-refractivity contribution < 1.29 is 4.79 Å². The van der Waals surface area contributed by atoms with Gasteiger partial charge >= 0.3 is 0 Å². The Morgan fingerprint density at radius 1 is 1.12 bits per heavy atom. The molecular weight excluding hydrogens is 328 g/mol. The predicted octanol–water partition coefficient (Wildman–Crippen LogP) is 2.76. The SMILES string of the molecule is C[C@H](NC(=O)Cn1ncc2c([nH]c3ccccc32)c1=O)c1ccccc1. The Labute approximate surface area is 149 Å². The summed E-state index contributed by atoms with van der Waals surface area (Å²) >= 11 is 0. The summed E-state index contributed by atoms with van der Waals surface area (Å²) < 4.78 is 1.19. The highest BCUT2D eigenvalue weighted by Crippen LogP contribution is 2.21. The Kier molecular flexibility index (Phi) is 4.01. The van der Waals surface area contributed by atoms with Crippen LogP contribution in [0.4, 0.5) is 0 Å². The maximum Gasteiger partial charge on any atom is 0.291 e. The summed E-state index contributed by atoms with van der Waals surface area (Å²) in [5.74, 6) is -0.258. The van der Waals surface area contributed by atoms with Crippen LogP contribution in [0.25, 0.3) is 21.8 Å². The number of aromatic amines is 1. The van der Waals surface area contributed by atoms with Crippen LogP contribution in [0.1, 0.15) is 18.5 Å². The Morgan fingerprint density at radius 2 is 1.85 bits per heavy atom. The maximum absolute atomic E-state index is 12.7. The molecular formula is C20H18N4O2. The number of rotatable bonds is 4. The van der Waals surface area contributed by atoms with Crippen molar-refractivity contribution in [1.82, 2.24) is 20.1 Å². The molecule has 0 radical (unpaired) electrons. The molecule has 0 aliphatic carbocycles. The van der Waals surface area contributed by atoms with E-state index in [9.17, 15) is 9.59 Å². The van der Waals surface area contributed by atoms with Crippen LogP contribution in [0, 0.1) is 0 Å². The summed E-state index contributed by atoms with van der Waals surface area (Å²) in [4.78, 5) is 28.1. The summed E-state index contributed by atoms with van der Waals surface area (Å²) in [6.45, 7) is 1.78. The molecule has 0 aliphatic heterocycles. The van der Waals surface area contributed by atoms with Crippen molar-refractivity contribution in [3.05, 3.63) is 76.7 Å². The molecule has 26 heavy (non-hydrogen) atoms. The van der Waals surface area contributed by atoms with Gasteiger partial charge in [-0.05, 0) is 18.6 Å². The van der Waals surface area contributed by atoms with Crippen LogP contribution in [0.2, 0.25) is 0 Å². The number of H-pyrrole nitrogens is 1. The van der Waals surface area contributed by atoms with E-state index in [1.165, 1.54) is 4.68 Å². The van der Waals surface area contributed by atoms with Gasteiger partial charge in [0, 0.05) is 16.3 Å². The first-order valence-electron chi connectivity index (χ1n) is 8.44. The van der Waals surface area contributed by atoms with Gasteiger partial charge in [-0.3, -0.25) is 9.59 Å². The highest BCUT2D eigenvalue weighted by molar-refractivity contribution is 6.06. The predicted molar refractivity (Wildman–Crippen MR) is 101 cm³/mol. The molecule has 4 rings (SSSR count). The molecule has 2 heterocycles. The van der Waals surface area contributed by atoms with Gasteiger partial charge < -0.3 is 10.3 Å². The quantitative estimate of drug-likeness (QED) is 0.596. The third-order valence-corrected chi connectivity index (χ3v) is 4.49. The van der Waals surface area contributed by atoms with Gasteiger partial charge in [-0.2, -0.15) is 5.10 Å². The smallest absolute Gasteiger partial charge is 0.291 e. The average Bonchev–Trinajstić information content (AvgIpc) is 3.04. The van der Waals surface area contributed by atoms with E-state index in [-0.39, 0.29) is 24.1 Å². The molecule has 130 valence electrons. The second kappa shape index (κ2) is 6.48. The molecule has 0 saturated heterocycles. The minimum Gasteiger partial charge on any atom is -0.350 e. The van der Waals surface area contributed by atoms with Crippen molar-refractivity contribution in [3.63, 3.8) is 0 Å². The van der Waals surface area contributed by atoms with Crippen molar-refractivity contribution >= 4 is 27.7 Å². The van der Waals surface area contributed by atoms with E-state index in [1.54, 1.807) is 6.20 Å². The van der Waals surface area contributed by atoms with Gasteiger partial charge in [-0.1, -0.05) is 48.5 Å². The lowest BCUT2D eigenvalue weighted by Crippen LogP contribution is -2.34. The minimum atomic E-state index is -0.304. The molecule has 2 N–H and O–H groups in total. The van der Waals surface area contributed by atoms with E-state index in [2.05, 4.69) is 15.4 Å². The molecule has 1 atom stereocenters. The molecule has 6 nitrogen and oxygen atoms in total. The van der Waals surface area contributed by atoms with Gasteiger partial charge in [-0.15, -0.1) is 0 Å². The second-order valence-electron chi connectivity index (χ2n) is 6.27. The minimum absolute atomic E-state index is 0.124. The lowest BCUT2D eigenvalue weighted by Gasteiger charge is -2.14. The third-order valence-electron chi connectivity index (χ3n) is 4.49. The van der Waals surface area contributed by atoms with Crippen LogP contribution in [0.5, 0.6) is 0 Å². The fourth-order valence-corrected chi connectivity index (χ4v) is 3.14. The first-order chi connectivity index (χ1) is 12.6. The molecule has 6 heteroatoms. The van der Waals surface area contributed by atoms with E-state index >= 15 is 0 Å². The Bertz CT molecular complexity index is 1140. The number of amides is 1. The van der Waals surface area contributed by atoms with Crippen molar-refractivity contribution in [2.45, 2.75) is 19.5 Å². The molecule has 1 amide bonds. The van der Waals surface area contributed by atoms with Crippen LogP contribution < -0.4 is 10.9 Å². The average molecular weight is 346 g/mol. The number of benzene rings is 2. The fourth-order valence-electron chi connectivity index (χ4n) is 3.14. The summed E-state index contributed by atoms with van der Waals surface area (Å²) in [5, 5.41) is 8.78. The molecule has 0 fully saturated rings. The number of carbonyl (C=O) groups is 1. The number of fused-ring (bicyclic) bond motifs is 3. The molecule has 2 aromatic carbocycles. The van der Waals surface area contributed by atoms with E-state index in [1.807, 2.05) is 61.5 Å². The first kappa shape index (κ1) is 16.1. The van der Waals surface area contributed by atoms with Crippen LogP contribution in [-0.4, -0.2) is 20.7 Å². The fraction of sp³-hybridized carbons (Fsp3) is 0.150. The van der Waals surface area contributed by atoms with E-state index in [0.29, 0.717) is 5.52 Å². The molecule has 2 aromatic heterocycles. The van der Waals surface area contributed by atoms with Gasteiger partial charge in [0.1, 0.15) is 12.1 Å². The summed E-state index contributed by atoms with van der Waals surface area (Å²) in [6, 6.07) is 17.2. The number of hydrogen-bond donors (Lipinski definition) is 2. The highest BCUT2D eigenvalue weighted by Gasteiger charge is 2.14. The zero-order valence-electron chi connectivity index (χ0n) is 14.3. The van der Waals surface area contributed by atoms with Gasteiger partial charge in [-0.25, -0.2) is 4.68 Å². The largest absolute Gasteiger partial charge is 0.350 e. The van der Waals surface area contributed by atoms with E-state index in [0.717, 1.165) is 21.9 Å². The van der Waals surface area contributed by atoms with Crippen molar-refractivity contribution in [2.75, 3.05) is 0 Å². The van der Waals surface area contributed by atoms with Crippen LogP contribution >= 0.6 is 0 Å². The van der Waals surface area contributed by atoms with Crippen molar-refractivity contribution in [2.24, 2.45) is 0 Å². The van der Waals surface area contributed by atoms with Crippen LogP contribution in [0.15, 0.2) is 65.6 Å². The molecule has 0 bridgehead atoms. The topological polar surface area (TPSA) is 79.8 Å². The highest BCUT2D eigenvalue weighted by atomic mass is 16.2. The number of carbonyl (C=O) groups excluding carboxylic acids is 1. The van der Waals surface area contributed by atoms with E-state index in [4.69, 9.17) is 0 Å². The lowest BCUT2D eigenvalue weighted by atomic mass is 10.1. The molecule has 0 spiro atoms. The summed E-state index contributed by atoms with van der Waals surface area (Å²) in [7, 11) is 0. The van der Waals surface area contributed by atoms with Crippen LogP contribution in [-0.2, 0) is 11.3 Å². The Hall–Kier alpha value is -3.41. The molecule has 4 aromatic rings. The summed E-state index contributed by atoms with van der Waals surface area (Å²) in [6.07, 6.45) is 1.63. The zero-order valence-corrected chi connectivity index (χ0v) is 14.3. The number of aromatic nitrogens is 3. The monoisotopic (exact) mass is 346 g/mol. The number of nitrogens with zero attached hydrogens (tertiary/aromatic N) is 2. The number of nitrogens with one attached hydrogen (secondary N) is 2. The molecule has 0 unspecified atom stereocenters. The Morgan fingerprint density at radius 3 is 2.65 bits per heavy atom. The van der Waals surface area contributed by atoms with Gasteiger partial charge in [0.25, 0.3) is 5.56 Å². The first-order valence-corrected chi connectivity index (χ1v) is 8.44. The number of hydrogen-bond acceptors (Lipinski definition) is 3.